The molecule has 0 aliphatic heterocycles. The molecule has 0 spiro atoms. The highest BCUT2D eigenvalue weighted by molar-refractivity contribution is 7.86. The average Bonchev–Trinajstić information content (AvgIpc) is 2.36. The van der Waals surface area contributed by atoms with Crippen molar-refractivity contribution in [3.8, 4) is 0 Å². The first-order valence-corrected chi connectivity index (χ1v) is 7.66. The number of hydrogen-bond donors (Lipinski definition) is 1. The number of fused-ring (bicyclic) bond motifs is 1. The molecule has 0 fully saturated rings. The summed E-state index contributed by atoms with van der Waals surface area (Å²) in [7, 11) is -3.49. The molecule has 1 N–H and O–H groups in total. The number of hydroxylamine groups is 1. The van der Waals surface area contributed by atoms with Crippen LogP contribution in [0.4, 0.5) is 0 Å². The van der Waals surface area contributed by atoms with Gasteiger partial charge >= 0.3 is 0 Å². The van der Waals surface area contributed by atoms with Crippen LogP contribution in [-0.2, 0) is 20.8 Å². The van der Waals surface area contributed by atoms with Crippen LogP contribution in [0, 0.1) is 0 Å². The summed E-state index contributed by atoms with van der Waals surface area (Å²) >= 11 is 0. The molecule has 1 aliphatic carbocycles. The van der Waals surface area contributed by atoms with E-state index in [1.54, 1.807) is 6.92 Å². The standard InChI is InChI=1S/C13H17NO3S/c1-2-10-18(15,16)17-14-13-9-5-7-11-6-3-4-8-12(11)13/h3-4,6,8-9,14H,2,5,7,10H2,1H3. The maximum atomic E-state index is 11.5. The second-order valence-electron chi connectivity index (χ2n) is 4.26. The van der Waals surface area contributed by atoms with Gasteiger partial charge in [0.25, 0.3) is 10.1 Å². The first kappa shape index (κ1) is 13.1. The van der Waals surface area contributed by atoms with Gasteiger partial charge in [0.05, 0.1) is 11.4 Å². The minimum absolute atomic E-state index is 0.0227. The quantitative estimate of drug-likeness (QED) is 0.831. The third kappa shape index (κ3) is 3.11. The van der Waals surface area contributed by atoms with Crippen LogP contribution in [0.2, 0.25) is 0 Å². The Balaban J connectivity index is 2.09. The lowest BCUT2D eigenvalue weighted by Crippen LogP contribution is -2.22. The fourth-order valence-corrected chi connectivity index (χ4v) is 2.78. The molecule has 0 amide bonds. The van der Waals surface area contributed by atoms with Crippen LogP contribution >= 0.6 is 0 Å². The van der Waals surface area contributed by atoms with Crippen LogP contribution in [0.5, 0.6) is 0 Å². The largest absolute Gasteiger partial charge is 0.287 e. The van der Waals surface area contributed by atoms with Crippen molar-refractivity contribution in [1.82, 2.24) is 5.48 Å². The molecule has 1 aromatic carbocycles. The van der Waals surface area contributed by atoms with E-state index < -0.39 is 10.1 Å². The monoisotopic (exact) mass is 267 g/mol. The second kappa shape index (κ2) is 5.54. The van der Waals surface area contributed by atoms with Crippen LogP contribution in [-0.4, -0.2) is 14.2 Å². The minimum Gasteiger partial charge on any atom is -0.249 e. The SMILES string of the molecule is CCCS(=O)(=O)ONC1=CCCc2ccccc21. The lowest BCUT2D eigenvalue weighted by Gasteiger charge is -2.18. The molecule has 18 heavy (non-hydrogen) atoms. The predicted molar refractivity (Wildman–Crippen MR) is 71.0 cm³/mol. The van der Waals surface area contributed by atoms with Crippen LogP contribution in [0.3, 0.4) is 0 Å². The Morgan fingerprint density at radius 3 is 2.89 bits per heavy atom. The van der Waals surface area contributed by atoms with E-state index in [-0.39, 0.29) is 5.75 Å². The molecular weight excluding hydrogens is 250 g/mol. The Hall–Kier alpha value is -1.33. The van der Waals surface area contributed by atoms with Crippen LogP contribution in [0.1, 0.15) is 30.9 Å². The number of nitrogens with one attached hydrogen (secondary N) is 1. The smallest absolute Gasteiger partial charge is 0.249 e. The molecule has 0 saturated carbocycles. The van der Waals surface area contributed by atoms with Gasteiger partial charge in [0.1, 0.15) is 0 Å². The van der Waals surface area contributed by atoms with E-state index in [4.69, 9.17) is 4.28 Å². The van der Waals surface area contributed by atoms with Gasteiger partial charge in [-0.15, -0.1) is 0 Å². The lowest BCUT2D eigenvalue weighted by atomic mass is 9.95. The van der Waals surface area contributed by atoms with Gasteiger partial charge in [-0.2, -0.15) is 12.7 Å². The average molecular weight is 267 g/mol. The summed E-state index contributed by atoms with van der Waals surface area (Å²) < 4.78 is 27.8. The Morgan fingerprint density at radius 2 is 2.11 bits per heavy atom. The summed E-state index contributed by atoms with van der Waals surface area (Å²) in [4.78, 5) is 0. The molecule has 0 heterocycles. The molecule has 98 valence electrons. The molecule has 0 bridgehead atoms. The minimum atomic E-state index is -3.49. The van der Waals surface area contributed by atoms with Gasteiger partial charge in [0, 0.05) is 5.56 Å². The highest BCUT2D eigenvalue weighted by Crippen LogP contribution is 2.24. The maximum absolute atomic E-state index is 11.5. The Morgan fingerprint density at radius 1 is 1.33 bits per heavy atom. The molecule has 4 nitrogen and oxygen atoms in total. The van der Waals surface area contributed by atoms with Crippen LogP contribution < -0.4 is 5.48 Å². The summed E-state index contributed by atoms with van der Waals surface area (Å²) in [5.41, 5.74) is 5.53. The van der Waals surface area contributed by atoms with Crippen LogP contribution in [0.25, 0.3) is 5.70 Å². The molecular formula is C13H17NO3S. The molecule has 0 unspecified atom stereocenters. The molecule has 2 rings (SSSR count). The molecule has 1 aromatic rings. The number of allylic oxidation sites excluding steroid dienone is 1. The number of benzene rings is 1. The van der Waals surface area contributed by atoms with E-state index in [2.05, 4.69) is 5.48 Å². The number of rotatable bonds is 5. The van der Waals surface area contributed by atoms with Crippen molar-refractivity contribution in [3.05, 3.63) is 41.5 Å². The Labute approximate surface area is 108 Å². The summed E-state index contributed by atoms with van der Waals surface area (Å²) in [6.07, 6.45) is 4.36. The maximum Gasteiger partial charge on any atom is 0.287 e. The van der Waals surface area contributed by atoms with E-state index >= 15 is 0 Å². The van der Waals surface area contributed by atoms with Gasteiger partial charge in [0.15, 0.2) is 0 Å². The highest BCUT2D eigenvalue weighted by atomic mass is 32.2. The highest BCUT2D eigenvalue weighted by Gasteiger charge is 2.15. The van der Waals surface area contributed by atoms with Gasteiger partial charge < -0.3 is 0 Å². The van der Waals surface area contributed by atoms with Crippen molar-refractivity contribution in [2.24, 2.45) is 0 Å². The van der Waals surface area contributed by atoms with Crippen molar-refractivity contribution in [1.29, 1.82) is 0 Å². The van der Waals surface area contributed by atoms with E-state index in [0.717, 1.165) is 24.1 Å². The van der Waals surface area contributed by atoms with Crippen LogP contribution in [0.15, 0.2) is 30.3 Å². The van der Waals surface area contributed by atoms with E-state index in [1.165, 1.54) is 5.56 Å². The van der Waals surface area contributed by atoms with Crippen molar-refractivity contribution in [2.75, 3.05) is 5.75 Å². The molecule has 0 radical (unpaired) electrons. The molecule has 0 aromatic heterocycles. The number of aryl methyl sites for hydroxylation is 1. The zero-order valence-corrected chi connectivity index (χ0v) is 11.2. The van der Waals surface area contributed by atoms with E-state index in [1.807, 2.05) is 30.3 Å². The zero-order valence-electron chi connectivity index (χ0n) is 10.3. The van der Waals surface area contributed by atoms with Gasteiger partial charge in [-0.05, 0) is 24.8 Å². The van der Waals surface area contributed by atoms with Gasteiger partial charge in [-0.25, -0.2) is 5.48 Å². The Kier molecular flexibility index (Phi) is 4.04. The number of hydrogen-bond acceptors (Lipinski definition) is 4. The summed E-state index contributed by atoms with van der Waals surface area (Å²) in [5, 5.41) is 0. The van der Waals surface area contributed by atoms with Crippen molar-refractivity contribution in [3.63, 3.8) is 0 Å². The first-order chi connectivity index (χ1) is 8.62. The molecule has 0 atom stereocenters. The summed E-state index contributed by atoms with van der Waals surface area (Å²) in [6.45, 7) is 1.80. The van der Waals surface area contributed by atoms with Gasteiger partial charge in [-0.1, -0.05) is 37.3 Å². The van der Waals surface area contributed by atoms with Gasteiger partial charge in [-0.3, -0.25) is 0 Å². The van der Waals surface area contributed by atoms with Crippen molar-refractivity contribution >= 4 is 15.8 Å². The predicted octanol–water partition coefficient (Wildman–Crippen LogP) is 2.23. The van der Waals surface area contributed by atoms with Crippen molar-refractivity contribution in [2.45, 2.75) is 26.2 Å². The third-order valence-corrected chi connectivity index (χ3v) is 4.05. The second-order valence-corrected chi connectivity index (χ2v) is 5.95. The lowest BCUT2D eigenvalue weighted by molar-refractivity contribution is 0.258. The summed E-state index contributed by atoms with van der Waals surface area (Å²) in [6, 6.07) is 7.92. The fourth-order valence-electron chi connectivity index (χ4n) is 1.98. The topological polar surface area (TPSA) is 55.4 Å². The van der Waals surface area contributed by atoms with E-state index in [9.17, 15) is 8.42 Å². The van der Waals surface area contributed by atoms with Gasteiger partial charge in [0.2, 0.25) is 0 Å². The molecule has 1 aliphatic rings. The third-order valence-electron chi connectivity index (χ3n) is 2.80. The fraction of sp³-hybridized carbons (Fsp3) is 0.385. The molecule has 0 saturated heterocycles. The summed E-state index contributed by atoms with van der Waals surface area (Å²) in [5.74, 6) is 0.0227. The normalized spacial score (nSPS) is 14.8. The first-order valence-electron chi connectivity index (χ1n) is 6.08. The zero-order chi connectivity index (χ0) is 13.0. The van der Waals surface area contributed by atoms with Crippen molar-refractivity contribution < 1.29 is 12.7 Å². The molecule has 5 heteroatoms. The van der Waals surface area contributed by atoms with E-state index in [0.29, 0.717) is 6.42 Å². The Bertz CT molecular complexity index is 549.